The Balaban J connectivity index is 1.42. The Bertz CT molecular complexity index is 752. The quantitative estimate of drug-likeness (QED) is 0.747. The SMILES string of the molecule is CC(C)N1CCN(c2ccc(C(=O)NCCN(C)Cc3ccccc3)cc2)CC1. The highest BCUT2D eigenvalue weighted by molar-refractivity contribution is 5.94. The lowest BCUT2D eigenvalue weighted by Gasteiger charge is -2.38. The van der Waals surface area contributed by atoms with E-state index in [1.807, 2.05) is 18.2 Å². The zero-order valence-corrected chi connectivity index (χ0v) is 18.0. The Hall–Kier alpha value is -2.37. The van der Waals surface area contributed by atoms with Crippen molar-refractivity contribution in [1.29, 1.82) is 0 Å². The van der Waals surface area contributed by atoms with E-state index in [-0.39, 0.29) is 5.91 Å². The Morgan fingerprint density at radius 1 is 1.00 bits per heavy atom. The number of rotatable bonds is 8. The number of carbonyl (C=O) groups is 1. The molecule has 3 rings (SSSR count). The molecule has 0 atom stereocenters. The van der Waals surface area contributed by atoms with Gasteiger partial charge in [0.05, 0.1) is 0 Å². The fourth-order valence-electron chi connectivity index (χ4n) is 3.76. The third-order valence-electron chi connectivity index (χ3n) is 5.61. The van der Waals surface area contributed by atoms with Gasteiger partial charge in [0, 0.05) is 63.1 Å². The van der Waals surface area contributed by atoms with Crippen LogP contribution in [0.2, 0.25) is 0 Å². The highest BCUT2D eigenvalue weighted by Crippen LogP contribution is 2.18. The maximum absolute atomic E-state index is 12.4. The first-order valence-electron chi connectivity index (χ1n) is 10.6. The van der Waals surface area contributed by atoms with Gasteiger partial charge >= 0.3 is 0 Å². The summed E-state index contributed by atoms with van der Waals surface area (Å²) in [5.74, 6) is -0.00529. The van der Waals surface area contributed by atoms with Crippen molar-refractivity contribution in [2.24, 2.45) is 0 Å². The molecule has 1 heterocycles. The molecule has 0 radical (unpaired) electrons. The van der Waals surface area contributed by atoms with Crippen molar-refractivity contribution < 1.29 is 4.79 Å². The molecule has 0 aliphatic carbocycles. The summed E-state index contributed by atoms with van der Waals surface area (Å²) in [6.45, 7) is 11.1. The van der Waals surface area contributed by atoms with E-state index in [0.29, 0.717) is 12.6 Å². The highest BCUT2D eigenvalue weighted by Gasteiger charge is 2.19. The van der Waals surface area contributed by atoms with Gasteiger partial charge in [-0.25, -0.2) is 0 Å². The number of hydrogen-bond donors (Lipinski definition) is 1. The zero-order chi connectivity index (χ0) is 20.6. The van der Waals surface area contributed by atoms with Crippen molar-refractivity contribution >= 4 is 11.6 Å². The van der Waals surface area contributed by atoms with Crippen LogP contribution in [-0.2, 0) is 6.54 Å². The summed E-state index contributed by atoms with van der Waals surface area (Å²) in [5, 5.41) is 3.03. The van der Waals surface area contributed by atoms with Crippen LogP contribution in [0.4, 0.5) is 5.69 Å². The number of hydrogen-bond acceptors (Lipinski definition) is 4. The molecule has 5 heteroatoms. The second-order valence-corrected chi connectivity index (χ2v) is 8.14. The third kappa shape index (κ3) is 6.31. The van der Waals surface area contributed by atoms with Crippen molar-refractivity contribution in [3.63, 3.8) is 0 Å². The monoisotopic (exact) mass is 394 g/mol. The Morgan fingerprint density at radius 2 is 1.66 bits per heavy atom. The third-order valence-corrected chi connectivity index (χ3v) is 5.61. The van der Waals surface area contributed by atoms with E-state index in [1.165, 1.54) is 11.3 Å². The van der Waals surface area contributed by atoms with E-state index in [4.69, 9.17) is 0 Å². The molecular formula is C24H34N4O. The molecule has 0 unspecified atom stereocenters. The smallest absolute Gasteiger partial charge is 0.251 e. The topological polar surface area (TPSA) is 38.8 Å². The van der Waals surface area contributed by atoms with Gasteiger partial charge in [-0.1, -0.05) is 30.3 Å². The lowest BCUT2D eigenvalue weighted by Crippen LogP contribution is -2.48. The standard InChI is InChI=1S/C24H34N4O/c1-20(2)27-15-17-28(18-16-27)23-11-9-22(10-12-23)24(29)25-13-14-26(3)19-21-7-5-4-6-8-21/h4-12,20H,13-19H2,1-3H3,(H,25,29). The van der Waals surface area contributed by atoms with Crippen LogP contribution in [0, 0.1) is 0 Å². The molecule has 0 aromatic heterocycles. The number of amides is 1. The maximum atomic E-state index is 12.4. The maximum Gasteiger partial charge on any atom is 0.251 e. The Morgan fingerprint density at radius 3 is 2.28 bits per heavy atom. The molecule has 0 bridgehead atoms. The summed E-state index contributed by atoms with van der Waals surface area (Å²) in [7, 11) is 2.08. The van der Waals surface area contributed by atoms with Crippen LogP contribution in [0.25, 0.3) is 0 Å². The predicted octanol–water partition coefficient (Wildman–Crippen LogP) is 3.08. The van der Waals surface area contributed by atoms with Gasteiger partial charge in [-0.2, -0.15) is 0 Å². The minimum Gasteiger partial charge on any atom is -0.369 e. The number of benzene rings is 2. The van der Waals surface area contributed by atoms with Gasteiger partial charge in [-0.15, -0.1) is 0 Å². The van der Waals surface area contributed by atoms with Crippen LogP contribution < -0.4 is 10.2 Å². The number of likely N-dealkylation sites (N-methyl/N-ethyl adjacent to an activating group) is 1. The van der Waals surface area contributed by atoms with Gasteiger partial charge in [0.25, 0.3) is 5.91 Å². The van der Waals surface area contributed by atoms with Gasteiger partial charge in [-0.05, 0) is 50.7 Å². The van der Waals surface area contributed by atoms with Crippen LogP contribution in [0.5, 0.6) is 0 Å². The molecule has 1 fully saturated rings. The minimum absolute atomic E-state index is 0.00529. The van der Waals surface area contributed by atoms with E-state index in [2.05, 4.69) is 77.3 Å². The first-order valence-corrected chi connectivity index (χ1v) is 10.6. The van der Waals surface area contributed by atoms with Crippen molar-refractivity contribution in [3.05, 3.63) is 65.7 Å². The van der Waals surface area contributed by atoms with E-state index < -0.39 is 0 Å². The molecular weight excluding hydrogens is 360 g/mol. The second-order valence-electron chi connectivity index (χ2n) is 8.14. The molecule has 2 aromatic rings. The van der Waals surface area contributed by atoms with Crippen LogP contribution in [0.15, 0.2) is 54.6 Å². The van der Waals surface area contributed by atoms with E-state index in [9.17, 15) is 4.79 Å². The number of nitrogens with zero attached hydrogens (tertiary/aromatic N) is 3. The summed E-state index contributed by atoms with van der Waals surface area (Å²) < 4.78 is 0. The average molecular weight is 395 g/mol. The normalized spacial score (nSPS) is 15.1. The lowest BCUT2D eigenvalue weighted by molar-refractivity contribution is 0.0949. The average Bonchev–Trinajstić information content (AvgIpc) is 2.74. The first-order chi connectivity index (χ1) is 14.0. The Labute approximate surface area is 175 Å². The van der Waals surface area contributed by atoms with Crippen molar-refractivity contribution in [2.75, 3.05) is 51.2 Å². The summed E-state index contributed by atoms with van der Waals surface area (Å²) in [5.41, 5.74) is 3.21. The number of anilines is 1. The highest BCUT2D eigenvalue weighted by atomic mass is 16.1. The minimum atomic E-state index is -0.00529. The predicted molar refractivity (Wildman–Crippen MR) is 120 cm³/mol. The molecule has 1 aliphatic rings. The van der Waals surface area contributed by atoms with E-state index in [1.54, 1.807) is 0 Å². The van der Waals surface area contributed by atoms with Crippen LogP contribution >= 0.6 is 0 Å². The van der Waals surface area contributed by atoms with Crippen molar-refractivity contribution in [1.82, 2.24) is 15.1 Å². The van der Waals surface area contributed by atoms with Crippen LogP contribution in [0.1, 0.15) is 29.8 Å². The Kier molecular flexibility index (Phi) is 7.67. The zero-order valence-electron chi connectivity index (χ0n) is 18.0. The van der Waals surface area contributed by atoms with Gasteiger partial charge < -0.3 is 15.1 Å². The van der Waals surface area contributed by atoms with Crippen molar-refractivity contribution in [3.8, 4) is 0 Å². The number of nitrogens with one attached hydrogen (secondary N) is 1. The summed E-state index contributed by atoms with van der Waals surface area (Å²) in [6, 6.07) is 19.0. The molecule has 2 aromatic carbocycles. The fourth-order valence-corrected chi connectivity index (χ4v) is 3.76. The molecule has 1 aliphatic heterocycles. The first kappa shape index (κ1) is 21.3. The van der Waals surface area contributed by atoms with Crippen molar-refractivity contribution in [2.45, 2.75) is 26.4 Å². The van der Waals surface area contributed by atoms with Crippen LogP contribution in [-0.4, -0.2) is 68.1 Å². The molecule has 29 heavy (non-hydrogen) atoms. The molecule has 1 amide bonds. The summed E-state index contributed by atoms with van der Waals surface area (Å²) in [4.78, 5) is 19.6. The molecule has 0 spiro atoms. The van der Waals surface area contributed by atoms with E-state index in [0.717, 1.165) is 44.8 Å². The summed E-state index contributed by atoms with van der Waals surface area (Å²) >= 11 is 0. The van der Waals surface area contributed by atoms with Gasteiger partial charge in [0.2, 0.25) is 0 Å². The molecule has 1 N–H and O–H groups in total. The molecule has 0 saturated carbocycles. The fraction of sp³-hybridized carbons (Fsp3) is 0.458. The molecule has 156 valence electrons. The molecule has 1 saturated heterocycles. The van der Waals surface area contributed by atoms with Crippen LogP contribution in [0.3, 0.4) is 0 Å². The van der Waals surface area contributed by atoms with Gasteiger partial charge in [0.1, 0.15) is 0 Å². The second kappa shape index (κ2) is 10.4. The number of piperazine rings is 1. The number of carbonyl (C=O) groups excluding carboxylic acids is 1. The van der Waals surface area contributed by atoms with E-state index >= 15 is 0 Å². The van der Waals surface area contributed by atoms with Gasteiger partial charge in [-0.3, -0.25) is 9.69 Å². The van der Waals surface area contributed by atoms with Gasteiger partial charge in [0.15, 0.2) is 0 Å². The lowest BCUT2D eigenvalue weighted by atomic mass is 10.1. The molecule has 5 nitrogen and oxygen atoms in total. The summed E-state index contributed by atoms with van der Waals surface area (Å²) in [6.07, 6.45) is 0. The largest absolute Gasteiger partial charge is 0.369 e.